The number of H-pyrrole nitrogens is 1. The van der Waals surface area contributed by atoms with E-state index in [9.17, 15) is 9.59 Å². The van der Waals surface area contributed by atoms with Crippen LogP contribution in [0.5, 0.6) is 0 Å². The quantitative estimate of drug-likeness (QED) is 0.521. The van der Waals surface area contributed by atoms with Gasteiger partial charge in [-0.1, -0.05) is 56.0 Å². The number of aromatic nitrogens is 3. The molecule has 0 bridgehead atoms. The van der Waals surface area contributed by atoms with Gasteiger partial charge in [-0.05, 0) is 53.6 Å². The zero-order chi connectivity index (χ0) is 24.2. The van der Waals surface area contributed by atoms with E-state index < -0.39 is 11.5 Å². The Morgan fingerprint density at radius 1 is 1.26 bits per heavy atom. The number of likely N-dealkylation sites (tertiary alicyclic amines) is 1. The summed E-state index contributed by atoms with van der Waals surface area (Å²) in [6.07, 6.45) is 7.38. The molecule has 1 atom stereocenters. The van der Waals surface area contributed by atoms with Crippen LogP contribution >= 0.6 is 0 Å². The molecule has 34 heavy (non-hydrogen) atoms. The molecule has 6 nitrogen and oxygen atoms in total. The molecule has 1 amide bonds. The second kappa shape index (κ2) is 10.0. The lowest BCUT2D eigenvalue weighted by Crippen LogP contribution is -2.28. The maximum absolute atomic E-state index is 15.3. The predicted molar refractivity (Wildman–Crippen MR) is 132 cm³/mol. The van der Waals surface area contributed by atoms with Crippen LogP contribution in [0.25, 0.3) is 22.9 Å². The predicted octanol–water partition coefficient (Wildman–Crippen LogP) is 4.68. The van der Waals surface area contributed by atoms with Crippen molar-refractivity contribution in [2.24, 2.45) is 5.92 Å². The molecule has 3 aromatic rings. The largest absolute Gasteiger partial charge is 0.348 e. The average molecular weight is 461 g/mol. The van der Waals surface area contributed by atoms with Gasteiger partial charge in [-0.2, -0.15) is 5.10 Å². The van der Waals surface area contributed by atoms with Gasteiger partial charge in [0.1, 0.15) is 11.6 Å². The highest BCUT2D eigenvalue weighted by Gasteiger charge is 2.27. The smallest absolute Gasteiger partial charge is 0.342 e. The molecule has 2 heterocycles. The number of nitrogens with one attached hydrogen (secondary N) is 1. The molecule has 1 aliphatic rings. The lowest BCUT2D eigenvalue weighted by molar-refractivity contribution is -0.129. The van der Waals surface area contributed by atoms with Gasteiger partial charge in [-0.15, -0.1) is 0 Å². The summed E-state index contributed by atoms with van der Waals surface area (Å²) in [6, 6.07) is 10.8. The van der Waals surface area contributed by atoms with Gasteiger partial charge in [0.2, 0.25) is 5.91 Å². The van der Waals surface area contributed by atoms with Crippen LogP contribution in [0.15, 0.2) is 59.9 Å². The molecule has 176 valence electrons. The molecule has 1 saturated heterocycles. The van der Waals surface area contributed by atoms with Crippen molar-refractivity contribution in [3.05, 3.63) is 88.4 Å². The van der Waals surface area contributed by atoms with E-state index >= 15 is 4.39 Å². The highest BCUT2D eigenvalue weighted by Crippen LogP contribution is 2.27. The number of hydrogen-bond donors (Lipinski definition) is 1. The van der Waals surface area contributed by atoms with Crippen LogP contribution in [0.2, 0.25) is 0 Å². The number of rotatable bonds is 7. The number of benzene rings is 2. The number of amides is 1. The fraction of sp³-hybridized carbons (Fsp3) is 0.296. The van der Waals surface area contributed by atoms with Crippen LogP contribution in [0.3, 0.4) is 0 Å². The van der Waals surface area contributed by atoms with E-state index in [0.29, 0.717) is 31.8 Å². The molecule has 1 fully saturated rings. The minimum Gasteiger partial charge on any atom is -0.342 e. The second-order valence-corrected chi connectivity index (χ2v) is 8.66. The Balaban J connectivity index is 1.59. The molecule has 4 rings (SSSR count). The number of hydrogen-bond acceptors (Lipinski definition) is 3. The van der Waals surface area contributed by atoms with Crippen molar-refractivity contribution < 1.29 is 9.18 Å². The zero-order valence-electron chi connectivity index (χ0n) is 19.6. The Kier molecular flexibility index (Phi) is 6.91. The van der Waals surface area contributed by atoms with Gasteiger partial charge in [-0.3, -0.25) is 4.79 Å². The molecular formula is C27H29FN4O2. The molecular weight excluding hydrogens is 431 g/mol. The van der Waals surface area contributed by atoms with Crippen molar-refractivity contribution in [2.45, 2.75) is 33.1 Å². The molecule has 2 aromatic carbocycles. The lowest BCUT2D eigenvalue weighted by atomic mass is 9.99. The van der Waals surface area contributed by atoms with Gasteiger partial charge < -0.3 is 4.90 Å². The van der Waals surface area contributed by atoms with Crippen molar-refractivity contribution in [2.75, 3.05) is 13.1 Å². The Labute approximate surface area is 198 Å². The third-order valence-corrected chi connectivity index (χ3v) is 6.36. The fourth-order valence-electron chi connectivity index (χ4n) is 4.50. The highest BCUT2D eigenvalue weighted by atomic mass is 19.1. The summed E-state index contributed by atoms with van der Waals surface area (Å²) in [6.45, 7) is 8.88. The van der Waals surface area contributed by atoms with E-state index in [2.05, 4.69) is 16.8 Å². The van der Waals surface area contributed by atoms with Crippen LogP contribution in [-0.2, 0) is 11.2 Å². The number of halogens is 1. The van der Waals surface area contributed by atoms with Crippen molar-refractivity contribution in [3.8, 4) is 16.8 Å². The van der Waals surface area contributed by atoms with E-state index in [1.54, 1.807) is 12.1 Å². The van der Waals surface area contributed by atoms with Crippen molar-refractivity contribution in [1.82, 2.24) is 19.7 Å². The summed E-state index contributed by atoms with van der Waals surface area (Å²) < 4.78 is 16.6. The molecule has 1 aromatic heterocycles. The van der Waals surface area contributed by atoms with Gasteiger partial charge in [0.15, 0.2) is 0 Å². The Hall–Kier alpha value is -3.74. The maximum Gasteiger partial charge on any atom is 0.348 e. The van der Waals surface area contributed by atoms with E-state index in [0.717, 1.165) is 28.7 Å². The lowest BCUT2D eigenvalue weighted by Gasteiger charge is -2.15. The van der Waals surface area contributed by atoms with Gasteiger partial charge in [0.05, 0.1) is 5.69 Å². The first-order valence-electron chi connectivity index (χ1n) is 11.5. The summed E-state index contributed by atoms with van der Waals surface area (Å²) in [5, 5.41) is 6.61. The minimum absolute atomic E-state index is 0.128. The monoisotopic (exact) mass is 460 g/mol. The van der Waals surface area contributed by atoms with Gasteiger partial charge in [0.25, 0.3) is 0 Å². The first-order valence-corrected chi connectivity index (χ1v) is 11.5. The number of aryl methyl sites for hydroxylation is 1. The zero-order valence-corrected chi connectivity index (χ0v) is 19.6. The molecule has 0 saturated carbocycles. The Bertz CT molecular complexity index is 1300. The highest BCUT2D eigenvalue weighted by molar-refractivity contribution is 5.76. The molecule has 0 radical (unpaired) electrons. The average Bonchev–Trinajstić information content (AvgIpc) is 3.44. The first kappa shape index (κ1) is 23.4. The standard InChI is InChI=1S/C27H29FN4O2/c1-4-6-7-20-8-9-21(14-18(20)3)22-10-11-24(23(28)16-22)32-25(29-30-27(32)34)15-19-12-13-31(17-19)26(33)5-2/h4,6-11,14,16,19H,1,5,12-13,15,17H2,2-3H3,(H,30,34)/b7-6-/t19-/m0/s1. The SMILES string of the molecule is C=C/C=C\c1ccc(-c2ccc(-n3c(C[C@@H]4CCN(C(=O)CC)C4)n[nH]c3=O)c(F)c2)cc1C. The summed E-state index contributed by atoms with van der Waals surface area (Å²) in [4.78, 5) is 26.3. The number of carbonyl (C=O) groups is 1. The summed E-state index contributed by atoms with van der Waals surface area (Å²) in [5.41, 5.74) is 3.45. The first-order chi connectivity index (χ1) is 16.4. The summed E-state index contributed by atoms with van der Waals surface area (Å²) in [7, 11) is 0. The van der Waals surface area contributed by atoms with E-state index in [1.807, 2.05) is 55.2 Å². The molecule has 1 N–H and O–H groups in total. The second-order valence-electron chi connectivity index (χ2n) is 8.66. The number of aromatic amines is 1. The third kappa shape index (κ3) is 4.78. The van der Waals surface area contributed by atoms with Crippen LogP contribution in [0.4, 0.5) is 4.39 Å². The number of carbonyl (C=O) groups excluding carboxylic acids is 1. The molecule has 7 heteroatoms. The fourth-order valence-corrected chi connectivity index (χ4v) is 4.50. The number of allylic oxidation sites excluding steroid dienone is 2. The van der Waals surface area contributed by atoms with Crippen LogP contribution in [0, 0.1) is 18.7 Å². The summed E-state index contributed by atoms with van der Waals surface area (Å²) in [5.74, 6) is 0.290. The minimum atomic E-state index is -0.496. The van der Waals surface area contributed by atoms with Gasteiger partial charge in [0, 0.05) is 25.9 Å². The van der Waals surface area contributed by atoms with Crippen LogP contribution in [0.1, 0.15) is 36.7 Å². The Morgan fingerprint density at radius 2 is 2.03 bits per heavy atom. The molecule has 0 unspecified atom stereocenters. The molecule has 1 aliphatic heterocycles. The number of nitrogens with zero attached hydrogens (tertiary/aromatic N) is 3. The molecule has 0 spiro atoms. The summed E-state index contributed by atoms with van der Waals surface area (Å²) >= 11 is 0. The Morgan fingerprint density at radius 3 is 2.74 bits per heavy atom. The van der Waals surface area contributed by atoms with Gasteiger partial charge >= 0.3 is 5.69 Å². The normalized spacial score (nSPS) is 15.9. The topological polar surface area (TPSA) is 71.0 Å². The van der Waals surface area contributed by atoms with Crippen molar-refractivity contribution in [3.63, 3.8) is 0 Å². The van der Waals surface area contributed by atoms with E-state index in [1.165, 1.54) is 10.6 Å². The van der Waals surface area contributed by atoms with Crippen molar-refractivity contribution >= 4 is 12.0 Å². The van der Waals surface area contributed by atoms with Crippen LogP contribution in [-0.4, -0.2) is 38.7 Å². The van der Waals surface area contributed by atoms with Crippen LogP contribution < -0.4 is 5.69 Å². The van der Waals surface area contributed by atoms with Gasteiger partial charge in [-0.25, -0.2) is 18.9 Å². The van der Waals surface area contributed by atoms with E-state index in [-0.39, 0.29) is 17.5 Å². The molecule has 0 aliphatic carbocycles. The van der Waals surface area contributed by atoms with E-state index in [4.69, 9.17) is 0 Å². The maximum atomic E-state index is 15.3. The van der Waals surface area contributed by atoms with Crippen molar-refractivity contribution in [1.29, 1.82) is 0 Å². The third-order valence-electron chi connectivity index (χ3n) is 6.36.